The maximum absolute atomic E-state index is 12.1. The molecule has 1 amide bonds. The summed E-state index contributed by atoms with van der Waals surface area (Å²) in [6, 6.07) is 11.3. The van der Waals surface area contributed by atoms with Crippen LogP contribution in [-0.4, -0.2) is 25.5 Å². The fourth-order valence-corrected chi connectivity index (χ4v) is 3.89. The van der Waals surface area contributed by atoms with E-state index in [1.54, 1.807) is 18.2 Å². The van der Waals surface area contributed by atoms with E-state index >= 15 is 0 Å². The van der Waals surface area contributed by atoms with Crippen molar-refractivity contribution in [1.82, 2.24) is 0 Å². The molecule has 28 heavy (non-hydrogen) atoms. The van der Waals surface area contributed by atoms with Crippen molar-refractivity contribution in [2.45, 2.75) is 30.7 Å². The summed E-state index contributed by atoms with van der Waals surface area (Å²) in [5.41, 5.74) is 1.11. The number of hydrogen-bond donors (Lipinski definition) is 2. The highest BCUT2D eigenvalue weighted by Crippen LogP contribution is 2.32. The summed E-state index contributed by atoms with van der Waals surface area (Å²) in [5.74, 6) is 0.0796. The topological polar surface area (TPSA) is 118 Å². The molecule has 9 heteroatoms. The zero-order valence-corrected chi connectivity index (χ0v) is 16.2. The van der Waals surface area contributed by atoms with Crippen molar-refractivity contribution < 1.29 is 18.1 Å². The molecule has 0 aliphatic heterocycles. The number of carbonyl (C=O) groups is 1. The number of rotatable bonds is 7. The van der Waals surface area contributed by atoms with Gasteiger partial charge in [-0.15, -0.1) is 0 Å². The normalized spacial score (nSPS) is 14.2. The second-order valence-electron chi connectivity index (χ2n) is 6.85. The van der Waals surface area contributed by atoms with E-state index in [-0.39, 0.29) is 29.0 Å². The summed E-state index contributed by atoms with van der Waals surface area (Å²) in [5, 5.41) is 17.2. The standard InChI is InChI=1S/C19H21N3O5S/c1-28(26,27)17-10-4-9-16(18(17)22(24)25)20-12-13-5-2-8-15(11-13)21-19(23)14-6-3-7-14/h2,4-5,8-11,14,20H,3,6-7,12H2,1H3,(H,21,23). The molecule has 1 aliphatic carbocycles. The molecule has 148 valence electrons. The highest BCUT2D eigenvalue weighted by Gasteiger charge is 2.26. The van der Waals surface area contributed by atoms with E-state index < -0.39 is 20.4 Å². The molecule has 0 spiro atoms. The molecule has 0 bridgehead atoms. The summed E-state index contributed by atoms with van der Waals surface area (Å²) in [7, 11) is -3.74. The summed E-state index contributed by atoms with van der Waals surface area (Å²) < 4.78 is 23.7. The van der Waals surface area contributed by atoms with Gasteiger partial charge in [0.25, 0.3) is 0 Å². The monoisotopic (exact) mass is 403 g/mol. The second kappa shape index (κ2) is 7.97. The Kier molecular flexibility index (Phi) is 5.64. The average molecular weight is 403 g/mol. The smallest absolute Gasteiger partial charge is 0.310 e. The van der Waals surface area contributed by atoms with Crippen LogP contribution in [0.15, 0.2) is 47.4 Å². The number of hydrogen-bond acceptors (Lipinski definition) is 6. The van der Waals surface area contributed by atoms with Gasteiger partial charge < -0.3 is 10.6 Å². The minimum atomic E-state index is -3.74. The van der Waals surface area contributed by atoms with E-state index in [1.165, 1.54) is 18.2 Å². The van der Waals surface area contributed by atoms with Gasteiger partial charge in [-0.05, 0) is 42.7 Å². The van der Waals surface area contributed by atoms with E-state index in [4.69, 9.17) is 0 Å². The highest BCUT2D eigenvalue weighted by atomic mass is 32.2. The Hall–Kier alpha value is -2.94. The molecule has 8 nitrogen and oxygen atoms in total. The minimum absolute atomic E-state index is 0.00727. The van der Waals surface area contributed by atoms with Crippen LogP contribution in [0.25, 0.3) is 0 Å². The second-order valence-corrected chi connectivity index (χ2v) is 8.84. The van der Waals surface area contributed by atoms with Gasteiger partial charge in [-0.2, -0.15) is 0 Å². The van der Waals surface area contributed by atoms with E-state index in [9.17, 15) is 23.3 Å². The van der Waals surface area contributed by atoms with Gasteiger partial charge in [-0.25, -0.2) is 8.42 Å². The van der Waals surface area contributed by atoms with Crippen LogP contribution in [0, 0.1) is 16.0 Å². The van der Waals surface area contributed by atoms with Crippen molar-refractivity contribution in [3.05, 3.63) is 58.1 Å². The quantitative estimate of drug-likeness (QED) is 0.541. The number of anilines is 2. The van der Waals surface area contributed by atoms with Crippen LogP contribution in [0.1, 0.15) is 24.8 Å². The number of para-hydroxylation sites is 1. The van der Waals surface area contributed by atoms with Gasteiger partial charge >= 0.3 is 5.69 Å². The van der Waals surface area contributed by atoms with E-state index in [0.717, 1.165) is 31.1 Å². The third-order valence-corrected chi connectivity index (χ3v) is 5.86. The zero-order valence-electron chi connectivity index (χ0n) is 15.3. The van der Waals surface area contributed by atoms with E-state index in [2.05, 4.69) is 10.6 Å². The molecule has 0 unspecified atom stereocenters. The van der Waals surface area contributed by atoms with Crippen LogP contribution in [0.5, 0.6) is 0 Å². The van der Waals surface area contributed by atoms with Crippen molar-refractivity contribution in [2.24, 2.45) is 5.92 Å². The van der Waals surface area contributed by atoms with Gasteiger partial charge in [-0.3, -0.25) is 14.9 Å². The molecule has 2 aromatic carbocycles. The predicted octanol–water partition coefficient (Wildman–Crippen LogP) is 3.35. The van der Waals surface area contributed by atoms with Crippen molar-refractivity contribution in [3.63, 3.8) is 0 Å². The number of nitro benzene ring substituents is 1. The molecule has 1 aliphatic rings. The molecule has 0 saturated heterocycles. The van der Waals surface area contributed by atoms with E-state index in [1.807, 2.05) is 6.07 Å². The summed E-state index contributed by atoms with van der Waals surface area (Å²) >= 11 is 0. The highest BCUT2D eigenvalue weighted by molar-refractivity contribution is 7.90. The van der Waals surface area contributed by atoms with Gasteiger partial charge in [0.2, 0.25) is 5.91 Å². The van der Waals surface area contributed by atoms with Gasteiger partial charge in [0, 0.05) is 24.4 Å². The molecular formula is C19H21N3O5S. The van der Waals surface area contributed by atoms with Gasteiger partial charge in [0.05, 0.1) is 4.92 Å². The molecule has 0 radical (unpaired) electrons. The number of benzene rings is 2. The lowest BCUT2D eigenvalue weighted by Crippen LogP contribution is -2.28. The lowest BCUT2D eigenvalue weighted by Gasteiger charge is -2.24. The number of nitrogens with zero attached hydrogens (tertiary/aromatic N) is 1. The van der Waals surface area contributed by atoms with Crippen molar-refractivity contribution >= 4 is 32.8 Å². The Morgan fingerprint density at radius 2 is 1.93 bits per heavy atom. The average Bonchev–Trinajstić information content (AvgIpc) is 2.57. The van der Waals surface area contributed by atoms with Crippen LogP contribution in [0.3, 0.4) is 0 Å². The van der Waals surface area contributed by atoms with Crippen LogP contribution in [-0.2, 0) is 21.2 Å². The van der Waals surface area contributed by atoms with Gasteiger partial charge in [0.15, 0.2) is 9.84 Å². The Bertz CT molecular complexity index is 1020. The lowest BCUT2D eigenvalue weighted by molar-refractivity contribution is -0.386. The Balaban J connectivity index is 1.76. The first-order valence-electron chi connectivity index (χ1n) is 8.87. The first-order valence-corrected chi connectivity index (χ1v) is 10.8. The number of sulfone groups is 1. The molecule has 2 aromatic rings. The summed E-state index contributed by atoms with van der Waals surface area (Å²) in [4.78, 5) is 22.5. The number of nitro groups is 1. The molecule has 0 atom stereocenters. The largest absolute Gasteiger partial charge is 0.375 e. The van der Waals surface area contributed by atoms with Crippen molar-refractivity contribution in [3.8, 4) is 0 Å². The van der Waals surface area contributed by atoms with Crippen LogP contribution >= 0.6 is 0 Å². The molecule has 1 fully saturated rings. The number of nitrogens with one attached hydrogen (secondary N) is 2. The zero-order chi connectivity index (χ0) is 20.3. The lowest BCUT2D eigenvalue weighted by atomic mass is 9.85. The number of carbonyl (C=O) groups excluding carboxylic acids is 1. The Morgan fingerprint density at radius 1 is 1.21 bits per heavy atom. The molecule has 3 rings (SSSR count). The van der Waals surface area contributed by atoms with Crippen LogP contribution < -0.4 is 10.6 Å². The number of amides is 1. The van der Waals surface area contributed by atoms with Crippen molar-refractivity contribution in [2.75, 3.05) is 16.9 Å². The third kappa shape index (κ3) is 4.48. The van der Waals surface area contributed by atoms with Crippen molar-refractivity contribution in [1.29, 1.82) is 0 Å². The Labute approximate surface area is 163 Å². The summed E-state index contributed by atoms with van der Waals surface area (Å²) in [6.07, 6.45) is 3.83. The van der Waals surface area contributed by atoms with Gasteiger partial charge in [-0.1, -0.05) is 24.6 Å². The summed E-state index contributed by atoms with van der Waals surface area (Å²) in [6.45, 7) is 0.237. The molecule has 1 saturated carbocycles. The molecular weight excluding hydrogens is 382 g/mol. The van der Waals surface area contributed by atoms with E-state index in [0.29, 0.717) is 5.69 Å². The van der Waals surface area contributed by atoms with Crippen LogP contribution in [0.2, 0.25) is 0 Å². The maximum atomic E-state index is 12.1. The molecule has 0 heterocycles. The van der Waals surface area contributed by atoms with Crippen LogP contribution in [0.4, 0.5) is 17.1 Å². The third-order valence-electron chi connectivity index (χ3n) is 4.73. The molecule has 2 N–H and O–H groups in total. The Morgan fingerprint density at radius 3 is 2.54 bits per heavy atom. The molecule has 0 aromatic heterocycles. The predicted molar refractivity (Wildman–Crippen MR) is 106 cm³/mol. The fraction of sp³-hybridized carbons (Fsp3) is 0.316. The minimum Gasteiger partial charge on any atom is -0.375 e. The first kappa shape index (κ1) is 19.8. The fourth-order valence-electron chi connectivity index (χ4n) is 3.02. The maximum Gasteiger partial charge on any atom is 0.310 e. The SMILES string of the molecule is CS(=O)(=O)c1cccc(NCc2cccc(NC(=O)C3CCC3)c2)c1[N+](=O)[O-]. The first-order chi connectivity index (χ1) is 13.3. The van der Waals surface area contributed by atoms with Gasteiger partial charge in [0.1, 0.15) is 10.6 Å².